The number of rotatable bonds is 2. The maximum Gasteiger partial charge on any atom is -0.0162 e. The van der Waals surface area contributed by atoms with Crippen LogP contribution in [0.4, 0.5) is 0 Å². The monoisotopic (exact) mass is 255 g/mol. The summed E-state index contributed by atoms with van der Waals surface area (Å²) >= 11 is 0. The van der Waals surface area contributed by atoms with Crippen molar-refractivity contribution in [2.75, 3.05) is 0 Å². The summed E-state index contributed by atoms with van der Waals surface area (Å²) in [5, 5.41) is 0. The van der Waals surface area contributed by atoms with Gasteiger partial charge in [-0.25, -0.2) is 0 Å². The zero-order valence-electron chi connectivity index (χ0n) is 12.3. The van der Waals surface area contributed by atoms with E-state index < -0.39 is 0 Å². The smallest absolute Gasteiger partial charge is 0.0162 e. The summed E-state index contributed by atoms with van der Waals surface area (Å²) < 4.78 is 0. The van der Waals surface area contributed by atoms with Crippen molar-refractivity contribution >= 4 is 0 Å². The zero-order chi connectivity index (χ0) is 13.1. The number of hydrogen-bond acceptors (Lipinski definition) is 0. The highest BCUT2D eigenvalue weighted by Crippen LogP contribution is 2.42. The molecule has 1 radical (unpaired) electrons. The van der Waals surface area contributed by atoms with E-state index in [1.165, 1.54) is 56.9 Å². The van der Waals surface area contributed by atoms with E-state index in [4.69, 9.17) is 0 Å². The lowest BCUT2D eigenvalue weighted by Crippen LogP contribution is -2.23. The molecule has 3 rings (SSSR count). The van der Waals surface area contributed by atoms with Crippen LogP contribution in [0.25, 0.3) is 0 Å². The van der Waals surface area contributed by atoms with Gasteiger partial charge in [0.2, 0.25) is 0 Å². The highest BCUT2D eigenvalue weighted by molar-refractivity contribution is 5.24. The third kappa shape index (κ3) is 3.22. The molecule has 0 heterocycles. The van der Waals surface area contributed by atoms with E-state index in [-0.39, 0.29) is 0 Å². The van der Waals surface area contributed by atoms with Crippen LogP contribution >= 0.6 is 0 Å². The van der Waals surface area contributed by atoms with Gasteiger partial charge in [0, 0.05) is 0 Å². The van der Waals surface area contributed by atoms with Gasteiger partial charge in [0.25, 0.3) is 0 Å². The normalized spacial score (nSPS) is 29.3. The van der Waals surface area contributed by atoms with E-state index in [1.54, 1.807) is 5.56 Å². The molecule has 2 aliphatic carbocycles. The van der Waals surface area contributed by atoms with Crippen LogP contribution in [0.5, 0.6) is 0 Å². The Balaban J connectivity index is 1.55. The number of hydrogen-bond donors (Lipinski definition) is 0. The molecule has 0 saturated heterocycles. The summed E-state index contributed by atoms with van der Waals surface area (Å²) in [6.45, 7) is 2.18. The van der Waals surface area contributed by atoms with Gasteiger partial charge in [0.15, 0.2) is 0 Å². The van der Waals surface area contributed by atoms with Crippen molar-refractivity contribution in [3.63, 3.8) is 0 Å². The Bertz CT molecular complexity index is 375. The van der Waals surface area contributed by atoms with Crippen molar-refractivity contribution in [1.29, 1.82) is 0 Å². The Morgan fingerprint density at radius 1 is 0.842 bits per heavy atom. The lowest BCUT2D eigenvalue weighted by Gasteiger charge is -2.35. The van der Waals surface area contributed by atoms with E-state index >= 15 is 0 Å². The van der Waals surface area contributed by atoms with Crippen molar-refractivity contribution in [3.05, 3.63) is 41.8 Å². The summed E-state index contributed by atoms with van der Waals surface area (Å²) in [5.74, 6) is 2.79. The van der Waals surface area contributed by atoms with Gasteiger partial charge in [-0.15, -0.1) is 0 Å². The first-order valence-corrected chi connectivity index (χ1v) is 8.23. The largest absolute Gasteiger partial charge is 0.0590 e. The Labute approximate surface area is 118 Å². The fourth-order valence-corrected chi connectivity index (χ4v) is 4.12. The van der Waals surface area contributed by atoms with Crippen LogP contribution in [0, 0.1) is 25.2 Å². The standard InChI is InChI=1S/C19H27/c1-15-7-9-17(10-8-15)19-13-11-18(12-14-19)16-5-3-2-4-6-16/h5,7-10,16,18-19H,2-4,6,11-14H2,1H3. The van der Waals surface area contributed by atoms with Gasteiger partial charge >= 0.3 is 0 Å². The van der Waals surface area contributed by atoms with E-state index in [0.717, 1.165) is 17.8 Å². The molecule has 103 valence electrons. The van der Waals surface area contributed by atoms with Gasteiger partial charge < -0.3 is 0 Å². The quantitative estimate of drug-likeness (QED) is 0.639. The first-order valence-electron chi connectivity index (χ1n) is 8.23. The summed E-state index contributed by atoms with van der Waals surface area (Å²) in [6.07, 6.45) is 14.1. The molecule has 2 fully saturated rings. The molecule has 2 saturated carbocycles. The van der Waals surface area contributed by atoms with Gasteiger partial charge in [-0.05, 0) is 75.2 Å². The predicted octanol–water partition coefficient (Wildman–Crippen LogP) is 5.66. The SMILES string of the molecule is Cc1ccc(C2CCC(C3[CH]CCCC3)CC2)cc1. The van der Waals surface area contributed by atoms with E-state index in [1.807, 2.05) is 0 Å². The first kappa shape index (κ1) is 13.2. The molecule has 0 heteroatoms. The molecule has 0 amide bonds. The van der Waals surface area contributed by atoms with Crippen LogP contribution in [-0.2, 0) is 0 Å². The van der Waals surface area contributed by atoms with Crippen molar-refractivity contribution in [3.8, 4) is 0 Å². The first-order chi connectivity index (χ1) is 9.33. The minimum Gasteiger partial charge on any atom is -0.0590 e. The second-order valence-corrected chi connectivity index (χ2v) is 6.71. The van der Waals surface area contributed by atoms with Crippen LogP contribution in [0.3, 0.4) is 0 Å². The fraction of sp³-hybridized carbons (Fsp3) is 0.632. The number of aryl methyl sites for hydroxylation is 1. The molecule has 0 aromatic heterocycles. The van der Waals surface area contributed by atoms with E-state index in [0.29, 0.717) is 0 Å². The van der Waals surface area contributed by atoms with Gasteiger partial charge in [-0.1, -0.05) is 42.7 Å². The topological polar surface area (TPSA) is 0 Å². The molecule has 1 aromatic carbocycles. The molecule has 1 atom stereocenters. The molecule has 0 bridgehead atoms. The maximum atomic E-state index is 2.64. The summed E-state index contributed by atoms with van der Waals surface area (Å²) in [6, 6.07) is 9.26. The Hall–Kier alpha value is -0.780. The highest BCUT2D eigenvalue weighted by Gasteiger charge is 2.28. The molecular weight excluding hydrogens is 228 g/mol. The van der Waals surface area contributed by atoms with Crippen LogP contribution in [-0.4, -0.2) is 0 Å². The molecule has 0 nitrogen and oxygen atoms in total. The van der Waals surface area contributed by atoms with Gasteiger partial charge in [-0.3, -0.25) is 0 Å². The zero-order valence-corrected chi connectivity index (χ0v) is 12.3. The molecule has 0 spiro atoms. The lowest BCUT2D eigenvalue weighted by molar-refractivity contribution is 0.225. The maximum absolute atomic E-state index is 2.64. The molecular formula is C19H27. The second-order valence-electron chi connectivity index (χ2n) is 6.71. The summed E-state index contributed by atoms with van der Waals surface area (Å²) in [4.78, 5) is 0. The van der Waals surface area contributed by atoms with E-state index in [9.17, 15) is 0 Å². The predicted molar refractivity (Wildman–Crippen MR) is 82.1 cm³/mol. The number of benzene rings is 1. The van der Waals surface area contributed by atoms with Crippen LogP contribution in [0.1, 0.15) is 68.4 Å². The Morgan fingerprint density at radius 2 is 1.58 bits per heavy atom. The fourth-order valence-electron chi connectivity index (χ4n) is 4.12. The third-order valence-electron chi connectivity index (χ3n) is 5.39. The molecule has 0 aliphatic heterocycles. The van der Waals surface area contributed by atoms with Gasteiger partial charge in [0.05, 0.1) is 0 Å². The van der Waals surface area contributed by atoms with Crippen molar-refractivity contribution < 1.29 is 0 Å². The Morgan fingerprint density at radius 3 is 2.21 bits per heavy atom. The second kappa shape index (κ2) is 6.11. The summed E-state index contributed by atoms with van der Waals surface area (Å²) in [7, 11) is 0. The molecule has 2 aliphatic rings. The molecule has 1 aromatic rings. The van der Waals surface area contributed by atoms with Crippen molar-refractivity contribution in [1.82, 2.24) is 0 Å². The van der Waals surface area contributed by atoms with Crippen LogP contribution in [0.2, 0.25) is 0 Å². The molecule has 1 unspecified atom stereocenters. The average Bonchev–Trinajstić information content (AvgIpc) is 2.49. The van der Waals surface area contributed by atoms with Crippen LogP contribution in [0.15, 0.2) is 24.3 Å². The molecule has 0 N–H and O–H groups in total. The minimum atomic E-state index is 0.834. The third-order valence-corrected chi connectivity index (χ3v) is 5.39. The van der Waals surface area contributed by atoms with Crippen LogP contribution < -0.4 is 0 Å². The highest BCUT2D eigenvalue weighted by atomic mass is 14.3. The van der Waals surface area contributed by atoms with Crippen molar-refractivity contribution in [2.24, 2.45) is 11.8 Å². The lowest BCUT2D eigenvalue weighted by atomic mass is 9.70. The summed E-state index contributed by atoms with van der Waals surface area (Å²) in [5.41, 5.74) is 2.96. The Kier molecular flexibility index (Phi) is 4.25. The van der Waals surface area contributed by atoms with Gasteiger partial charge in [-0.2, -0.15) is 0 Å². The van der Waals surface area contributed by atoms with Gasteiger partial charge in [0.1, 0.15) is 0 Å². The minimum absolute atomic E-state index is 0.834. The van der Waals surface area contributed by atoms with E-state index in [2.05, 4.69) is 37.6 Å². The van der Waals surface area contributed by atoms with Crippen molar-refractivity contribution in [2.45, 2.75) is 64.2 Å². The molecule has 19 heavy (non-hydrogen) atoms. The average molecular weight is 255 g/mol.